The number of esters is 1. The van der Waals surface area contributed by atoms with Gasteiger partial charge in [-0.1, -0.05) is 6.07 Å². The van der Waals surface area contributed by atoms with Crippen molar-refractivity contribution in [3.05, 3.63) is 35.3 Å². The van der Waals surface area contributed by atoms with Gasteiger partial charge in [0.1, 0.15) is 12.1 Å². The molecule has 1 aliphatic heterocycles. The molecule has 0 bridgehead atoms. The number of aryl methyl sites for hydroxylation is 1. The molecule has 1 saturated heterocycles. The van der Waals surface area contributed by atoms with E-state index in [-0.39, 0.29) is 25.8 Å². The van der Waals surface area contributed by atoms with Gasteiger partial charge in [-0.05, 0) is 33.1 Å². The lowest BCUT2D eigenvalue weighted by molar-refractivity contribution is -0.614. The van der Waals surface area contributed by atoms with Gasteiger partial charge in [-0.15, -0.1) is 0 Å². The number of hydrogen-bond donors (Lipinski definition) is 2. The average Bonchev–Trinajstić information content (AvgIpc) is 3.14. The molecule has 0 aromatic carbocycles. The van der Waals surface area contributed by atoms with Crippen molar-refractivity contribution < 1.29 is 37.4 Å². The monoisotopic (exact) mass is 457 g/mol. The van der Waals surface area contributed by atoms with Gasteiger partial charge in [0.2, 0.25) is 15.9 Å². The number of carboxylic acids is 1. The number of carboxylic acid groups (broad SMARTS) is 1. The Bertz CT molecular complexity index is 918. The smallest absolute Gasteiger partial charge is 0.326 e. The number of aliphatic carboxylic acids is 1. The van der Waals surface area contributed by atoms with E-state index in [1.54, 1.807) is 26.0 Å². The van der Waals surface area contributed by atoms with E-state index in [0.717, 1.165) is 4.90 Å². The molecule has 2 heterocycles. The molecule has 2 N–H and O–H groups in total. The molecule has 172 valence electrons. The van der Waals surface area contributed by atoms with Crippen LogP contribution in [-0.2, 0) is 35.6 Å². The lowest BCUT2D eigenvalue weighted by atomic mass is 10.1. The maximum Gasteiger partial charge on any atom is 0.326 e. The molecule has 1 fully saturated rings. The number of amides is 1. The third-order valence-corrected chi connectivity index (χ3v) is 5.97. The van der Waals surface area contributed by atoms with E-state index in [1.807, 2.05) is 0 Å². The number of rotatable bonds is 10. The van der Waals surface area contributed by atoms with Crippen LogP contribution in [0.5, 0.6) is 0 Å². The number of likely N-dealkylation sites (tertiary alicyclic amines) is 1. The fourth-order valence-electron chi connectivity index (χ4n) is 3.38. The molecule has 1 aromatic rings. The summed E-state index contributed by atoms with van der Waals surface area (Å²) in [5, 5.41) is 21.2. The molecule has 0 unspecified atom stereocenters. The molecule has 0 radical (unpaired) electrons. The van der Waals surface area contributed by atoms with Crippen molar-refractivity contribution in [3.8, 4) is 0 Å². The van der Waals surface area contributed by atoms with E-state index in [0.29, 0.717) is 16.8 Å². The van der Waals surface area contributed by atoms with Crippen molar-refractivity contribution >= 4 is 27.9 Å². The number of pyridine rings is 1. The fourth-order valence-corrected chi connectivity index (χ4v) is 4.49. The van der Waals surface area contributed by atoms with E-state index in [1.165, 1.54) is 12.3 Å². The summed E-state index contributed by atoms with van der Waals surface area (Å²) in [6.45, 7) is 3.32. The summed E-state index contributed by atoms with van der Waals surface area (Å²) >= 11 is 0. The summed E-state index contributed by atoms with van der Waals surface area (Å²) in [6, 6.07) is 2.32. The van der Waals surface area contributed by atoms with Gasteiger partial charge in [-0.2, -0.15) is 4.73 Å². The maximum atomic E-state index is 13.0. The number of nitrogens with zero attached hydrogens (tertiary/aromatic N) is 2. The SMILES string of the molecule is CC(C)OC(=O)CS(=O)(=O)N[C@H](CCc1cccc[n+]1[O-])C(=O)N1CCC[C@H]1C(=O)O. The minimum atomic E-state index is -4.26. The lowest BCUT2D eigenvalue weighted by Crippen LogP contribution is -2.52. The third kappa shape index (κ3) is 7.17. The summed E-state index contributed by atoms with van der Waals surface area (Å²) in [6.07, 6.45) is 1.48. The van der Waals surface area contributed by atoms with Crippen LogP contribution in [0.1, 0.15) is 38.8 Å². The maximum absolute atomic E-state index is 13.0. The van der Waals surface area contributed by atoms with Crippen molar-refractivity contribution in [2.24, 2.45) is 0 Å². The van der Waals surface area contributed by atoms with Crippen molar-refractivity contribution in [3.63, 3.8) is 0 Å². The number of sulfonamides is 1. The largest absolute Gasteiger partial charge is 0.619 e. The van der Waals surface area contributed by atoms with Crippen molar-refractivity contribution in [2.45, 2.75) is 57.7 Å². The van der Waals surface area contributed by atoms with Crippen LogP contribution < -0.4 is 9.45 Å². The highest BCUT2D eigenvalue weighted by atomic mass is 32.2. The van der Waals surface area contributed by atoms with Gasteiger partial charge in [0.05, 0.1) is 6.10 Å². The molecular formula is C19H27N3O8S. The number of nitrogens with one attached hydrogen (secondary N) is 1. The first kappa shape index (κ1) is 24.5. The summed E-state index contributed by atoms with van der Waals surface area (Å²) in [4.78, 5) is 37.4. The summed E-state index contributed by atoms with van der Waals surface area (Å²) in [5.74, 6) is -3.84. The summed E-state index contributed by atoms with van der Waals surface area (Å²) < 4.78 is 32.6. The highest BCUT2D eigenvalue weighted by Gasteiger charge is 2.38. The second-order valence-electron chi connectivity index (χ2n) is 7.55. The molecule has 1 aliphatic rings. The van der Waals surface area contributed by atoms with Crippen molar-refractivity contribution in [1.29, 1.82) is 0 Å². The minimum absolute atomic E-state index is 0.0608. The first-order chi connectivity index (χ1) is 14.5. The lowest BCUT2D eigenvalue weighted by Gasteiger charge is -2.27. The summed E-state index contributed by atoms with van der Waals surface area (Å²) in [5.41, 5.74) is 0.315. The predicted molar refractivity (Wildman–Crippen MR) is 108 cm³/mol. The Kier molecular flexibility index (Phi) is 8.34. The Morgan fingerprint density at radius 1 is 1.35 bits per heavy atom. The molecular weight excluding hydrogens is 430 g/mol. The van der Waals surface area contributed by atoms with Crippen LogP contribution in [-0.4, -0.2) is 66.8 Å². The van der Waals surface area contributed by atoms with Gasteiger partial charge >= 0.3 is 11.9 Å². The van der Waals surface area contributed by atoms with E-state index in [4.69, 9.17) is 4.74 Å². The molecule has 1 aromatic heterocycles. The molecule has 0 spiro atoms. The quantitative estimate of drug-likeness (QED) is 0.272. The topological polar surface area (TPSA) is 157 Å². The molecule has 31 heavy (non-hydrogen) atoms. The van der Waals surface area contributed by atoms with Gasteiger partial charge < -0.3 is 20.0 Å². The number of carbonyl (C=O) groups excluding carboxylic acids is 2. The van der Waals surface area contributed by atoms with Crippen LogP contribution in [0.15, 0.2) is 24.4 Å². The van der Waals surface area contributed by atoms with Crippen LogP contribution in [0.4, 0.5) is 0 Å². The number of carbonyl (C=O) groups is 3. The van der Waals surface area contributed by atoms with E-state index >= 15 is 0 Å². The van der Waals surface area contributed by atoms with Gasteiger partial charge in [-0.25, -0.2) is 17.9 Å². The first-order valence-corrected chi connectivity index (χ1v) is 11.5. The van der Waals surface area contributed by atoms with Crippen LogP contribution >= 0.6 is 0 Å². The Hall–Kier alpha value is -2.73. The second-order valence-corrected chi connectivity index (χ2v) is 9.31. The highest BCUT2D eigenvalue weighted by molar-refractivity contribution is 7.90. The standard InChI is InChI=1S/C19H27N3O8S/c1-13(2)30-17(23)12-31(28,29)20-15(9-8-14-6-3-4-11-22(14)27)18(24)21-10-5-7-16(21)19(25)26/h3-4,6,11,13,15-16,20H,5,7-10,12H2,1-2H3,(H,25,26)/t15-,16+/m1/s1. The summed E-state index contributed by atoms with van der Waals surface area (Å²) in [7, 11) is -4.26. The number of hydrogen-bond acceptors (Lipinski definition) is 7. The Morgan fingerprint density at radius 2 is 2.06 bits per heavy atom. The first-order valence-electron chi connectivity index (χ1n) is 9.90. The fraction of sp³-hybridized carbons (Fsp3) is 0.579. The third-order valence-electron chi connectivity index (χ3n) is 4.71. The second kappa shape index (κ2) is 10.5. The van der Waals surface area contributed by atoms with Crippen LogP contribution in [0.3, 0.4) is 0 Å². The molecule has 2 rings (SSSR count). The van der Waals surface area contributed by atoms with Gasteiger partial charge in [0.15, 0.2) is 17.6 Å². The van der Waals surface area contributed by atoms with Crippen LogP contribution in [0.2, 0.25) is 0 Å². The minimum Gasteiger partial charge on any atom is -0.619 e. The van der Waals surface area contributed by atoms with Gasteiger partial charge in [0, 0.05) is 25.1 Å². The zero-order chi connectivity index (χ0) is 23.2. The number of ether oxygens (including phenoxy) is 1. The van der Waals surface area contributed by atoms with Crippen LogP contribution in [0, 0.1) is 5.21 Å². The Morgan fingerprint density at radius 3 is 2.68 bits per heavy atom. The van der Waals surface area contributed by atoms with Crippen molar-refractivity contribution in [1.82, 2.24) is 9.62 Å². The molecule has 1 amide bonds. The normalized spacial score (nSPS) is 17.5. The van der Waals surface area contributed by atoms with E-state index in [9.17, 15) is 33.1 Å². The average molecular weight is 458 g/mol. The Balaban J connectivity index is 2.20. The van der Waals surface area contributed by atoms with Crippen LogP contribution in [0.25, 0.3) is 0 Å². The molecule has 12 heteroatoms. The highest BCUT2D eigenvalue weighted by Crippen LogP contribution is 2.20. The zero-order valence-electron chi connectivity index (χ0n) is 17.4. The predicted octanol–water partition coefficient (Wildman–Crippen LogP) is -0.432. The zero-order valence-corrected chi connectivity index (χ0v) is 18.2. The van der Waals surface area contributed by atoms with E-state index in [2.05, 4.69) is 4.72 Å². The van der Waals surface area contributed by atoms with Gasteiger partial charge in [-0.3, -0.25) is 9.59 Å². The molecule has 0 saturated carbocycles. The molecule has 2 atom stereocenters. The molecule has 11 nitrogen and oxygen atoms in total. The van der Waals surface area contributed by atoms with Gasteiger partial charge in [0.25, 0.3) is 0 Å². The molecule has 0 aliphatic carbocycles. The van der Waals surface area contributed by atoms with Crippen molar-refractivity contribution in [2.75, 3.05) is 12.3 Å². The number of aromatic nitrogens is 1. The Labute approximate surface area is 180 Å². The van der Waals surface area contributed by atoms with E-state index < -0.39 is 51.8 Å².